The average Bonchev–Trinajstić information content (AvgIpc) is 2.87. The summed E-state index contributed by atoms with van der Waals surface area (Å²) in [5.74, 6) is -0.509. The van der Waals surface area contributed by atoms with E-state index >= 15 is 0 Å². The Morgan fingerprint density at radius 1 is 1.25 bits per heavy atom. The zero-order valence-corrected chi connectivity index (χ0v) is 14.1. The molecule has 0 saturated carbocycles. The fraction of sp³-hybridized carbons (Fsp3) is 0.0769. The first-order chi connectivity index (χ1) is 9.51. The molecule has 0 radical (unpaired) electrons. The van der Waals surface area contributed by atoms with Gasteiger partial charge < -0.3 is 10.6 Å². The molecular formula is C13H10ClIN2O2S. The number of halogens is 2. The van der Waals surface area contributed by atoms with Crippen molar-refractivity contribution in [3.05, 3.63) is 48.7 Å². The predicted octanol–water partition coefficient (Wildman–Crippen LogP) is 3.62. The molecule has 0 unspecified atom stereocenters. The van der Waals surface area contributed by atoms with Gasteiger partial charge in [0.15, 0.2) is 0 Å². The summed E-state index contributed by atoms with van der Waals surface area (Å²) in [6.07, 6.45) is 0. The Balaban J connectivity index is 2.22. The van der Waals surface area contributed by atoms with E-state index in [1.807, 2.05) is 0 Å². The standard InChI is InChI=1S/C13H10ClIN2O2S/c1-16-13(19)9-5-8(2-3-10(9)14)17-12(18)7-4-11(15)20-6-7/h2-6H,1H3,(H,16,19)(H,17,18). The number of benzene rings is 1. The summed E-state index contributed by atoms with van der Waals surface area (Å²) in [4.78, 5) is 23.7. The van der Waals surface area contributed by atoms with Crippen molar-refractivity contribution in [2.75, 3.05) is 12.4 Å². The molecule has 104 valence electrons. The maximum Gasteiger partial charge on any atom is 0.256 e. The third-order valence-electron chi connectivity index (χ3n) is 2.53. The van der Waals surface area contributed by atoms with Gasteiger partial charge in [-0.1, -0.05) is 11.6 Å². The van der Waals surface area contributed by atoms with Crippen LogP contribution in [0.4, 0.5) is 5.69 Å². The van der Waals surface area contributed by atoms with Crippen LogP contribution < -0.4 is 10.6 Å². The average molecular weight is 421 g/mol. The van der Waals surface area contributed by atoms with E-state index in [1.54, 1.807) is 29.6 Å². The highest BCUT2D eigenvalue weighted by molar-refractivity contribution is 14.1. The van der Waals surface area contributed by atoms with Crippen molar-refractivity contribution in [1.82, 2.24) is 5.32 Å². The summed E-state index contributed by atoms with van der Waals surface area (Å²) in [6.45, 7) is 0. The minimum absolute atomic E-state index is 0.214. The van der Waals surface area contributed by atoms with E-state index in [1.165, 1.54) is 18.4 Å². The van der Waals surface area contributed by atoms with E-state index in [0.29, 0.717) is 21.8 Å². The van der Waals surface area contributed by atoms with E-state index in [0.717, 1.165) is 2.88 Å². The van der Waals surface area contributed by atoms with E-state index in [9.17, 15) is 9.59 Å². The van der Waals surface area contributed by atoms with Gasteiger partial charge in [-0.2, -0.15) is 0 Å². The maximum atomic E-state index is 12.0. The molecule has 20 heavy (non-hydrogen) atoms. The van der Waals surface area contributed by atoms with Crippen LogP contribution in [0.15, 0.2) is 29.6 Å². The lowest BCUT2D eigenvalue weighted by atomic mass is 10.2. The fourth-order valence-corrected chi connectivity index (χ4v) is 3.07. The highest BCUT2D eigenvalue weighted by Gasteiger charge is 2.12. The SMILES string of the molecule is CNC(=O)c1cc(NC(=O)c2csc(I)c2)ccc1Cl. The summed E-state index contributed by atoms with van der Waals surface area (Å²) in [6, 6.07) is 6.59. The summed E-state index contributed by atoms with van der Waals surface area (Å²) in [5.41, 5.74) is 1.45. The third kappa shape index (κ3) is 3.50. The van der Waals surface area contributed by atoms with E-state index in [2.05, 4.69) is 33.2 Å². The molecule has 2 aromatic rings. The molecular weight excluding hydrogens is 411 g/mol. The van der Waals surface area contributed by atoms with E-state index in [-0.39, 0.29) is 11.8 Å². The van der Waals surface area contributed by atoms with Crippen molar-refractivity contribution in [2.24, 2.45) is 0 Å². The molecule has 7 heteroatoms. The van der Waals surface area contributed by atoms with Crippen molar-refractivity contribution in [3.63, 3.8) is 0 Å². The first-order valence-corrected chi connectivity index (χ1v) is 7.92. The number of hydrogen-bond donors (Lipinski definition) is 2. The van der Waals surface area contributed by atoms with Gasteiger partial charge in [0.2, 0.25) is 0 Å². The molecule has 1 aromatic carbocycles. The number of amides is 2. The zero-order chi connectivity index (χ0) is 14.7. The van der Waals surface area contributed by atoms with Crippen molar-refractivity contribution in [2.45, 2.75) is 0 Å². The second-order valence-corrected chi connectivity index (χ2v) is 7.08. The fourth-order valence-electron chi connectivity index (χ4n) is 1.54. The zero-order valence-electron chi connectivity index (χ0n) is 10.4. The Morgan fingerprint density at radius 3 is 2.60 bits per heavy atom. The Bertz CT molecular complexity index is 672. The van der Waals surface area contributed by atoms with Gasteiger partial charge in [0.05, 0.1) is 19.0 Å². The second kappa shape index (κ2) is 6.55. The molecule has 4 nitrogen and oxygen atoms in total. The van der Waals surface area contributed by atoms with Crippen molar-refractivity contribution in [3.8, 4) is 0 Å². The highest BCUT2D eigenvalue weighted by Crippen LogP contribution is 2.22. The van der Waals surface area contributed by atoms with Crippen LogP contribution in [0, 0.1) is 2.88 Å². The van der Waals surface area contributed by atoms with Crippen LogP contribution in [0.5, 0.6) is 0 Å². The lowest BCUT2D eigenvalue weighted by Gasteiger charge is -2.07. The van der Waals surface area contributed by atoms with Gasteiger partial charge in [0, 0.05) is 18.1 Å². The van der Waals surface area contributed by atoms with Crippen LogP contribution in [0.3, 0.4) is 0 Å². The molecule has 0 fully saturated rings. The lowest BCUT2D eigenvalue weighted by molar-refractivity contribution is 0.0961. The van der Waals surface area contributed by atoms with Gasteiger partial charge in [0.1, 0.15) is 0 Å². The van der Waals surface area contributed by atoms with E-state index in [4.69, 9.17) is 11.6 Å². The third-order valence-corrected chi connectivity index (χ3v) is 4.64. The number of carbonyl (C=O) groups is 2. The number of hydrogen-bond acceptors (Lipinski definition) is 3. The topological polar surface area (TPSA) is 58.2 Å². The number of thiophene rings is 1. The largest absolute Gasteiger partial charge is 0.355 e. The van der Waals surface area contributed by atoms with Crippen molar-refractivity contribution in [1.29, 1.82) is 0 Å². The Kier molecular flexibility index (Phi) is 5.00. The quantitative estimate of drug-likeness (QED) is 0.745. The first-order valence-electron chi connectivity index (χ1n) is 5.58. The van der Waals surface area contributed by atoms with Crippen molar-refractivity contribution < 1.29 is 9.59 Å². The smallest absolute Gasteiger partial charge is 0.256 e. The molecule has 0 atom stereocenters. The normalized spacial score (nSPS) is 10.2. The molecule has 1 heterocycles. The van der Waals surface area contributed by atoms with Crippen LogP contribution >= 0.6 is 45.5 Å². The van der Waals surface area contributed by atoms with Gasteiger partial charge in [-0.25, -0.2) is 0 Å². The molecule has 0 aliphatic carbocycles. The number of anilines is 1. The van der Waals surface area contributed by atoms with Crippen LogP contribution in [-0.4, -0.2) is 18.9 Å². The first kappa shape index (κ1) is 15.3. The van der Waals surface area contributed by atoms with Gasteiger partial charge in [-0.15, -0.1) is 11.3 Å². The Morgan fingerprint density at radius 2 is 2.00 bits per heavy atom. The molecule has 0 aliphatic rings. The van der Waals surface area contributed by atoms with Crippen molar-refractivity contribution >= 4 is 63.0 Å². The molecule has 2 N–H and O–H groups in total. The molecule has 0 spiro atoms. The molecule has 2 rings (SSSR count). The monoisotopic (exact) mass is 420 g/mol. The lowest BCUT2D eigenvalue weighted by Crippen LogP contribution is -2.19. The summed E-state index contributed by atoms with van der Waals surface area (Å²) < 4.78 is 1.04. The maximum absolute atomic E-state index is 12.0. The van der Waals surface area contributed by atoms with Gasteiger partial charge in [-0.3, -0.25) is 9.59 Å². The molecule has 0 bridgehead atoms. The Hall–Kier alpha value is -1.12. The molecule has 0 aliphatic heterocycles. The molecule has 0 saturated heterocycles. The number of nitrogens with one attached hydrogen (secondary N) is 2. The summed E-state index contributed by atoms with van der Waals surface area (Å²) >= 11 is 9.61. The minimum atomic E-state index is -0.295. The Labute approximate surface area is 138 Å². The summed E-state index contributed by atoms with van der Waals surface area (Å²) in [7, 11) is 1.53. The van der Waals surface area contributed by atoms with Gasteiger partial charge >= 0.3 is 0 Å². The second-order valence-electron chi connectivity index (χ2n) is 3.87. The van der Waals surface area contributed by atoms with Crippen LogP contribution in [-0.2, 0) is 0 Å². The molecule has 2 amide bonds. The highest BCUT2D eigenvalue weighted by atomic mass is 127. The minimum Gasteiger partial charge on any atom is -0.355 e. The van der Waals surface area contributed by atoms with Gasteiger partial charge in [0.25, 0.3) is 11.8 Å². The number of rotatable bonds is 3. The number of carbonyl (C=O) groups excluding carboxylic acids is 2. The molecule has 1 aromatic heterocycles. The van der Waals surface area contributed by atoms with Crippen LogP contribution in [0.1, 0.15) is 20.7 Å². The van der Waals surface area contributed by atoms with E-state index < -0.39 is 0 Å². The van der Waals surface area contributed by atoms with Crippen LogP contribution in [0.2, 0.25) is 5.02 Å². The van der Waals surface area contributed by atoms with Crippen LogP contribution in [0.25, 0.3) is 0 Å². The van der Waals surface area contributed by atoms with Gasteiger partial charge in [-0.05, 0) is 46.9 Å². The predicted molar refractivity (Wildman–Crippen MR) is 89.8 cm³/mol. The summed E-state index contributed by atoms with van der Waals surface area (Å²) in [5, 5.41) is 7.37.